The number of rotatable bonds is 6. The molecule has 2 rings (SSSR count). The Balaban J connectivity index is 1.78. The fourth-order valence-electron chi connectivity index (χ4n) is 2.36. The summed E-state index contributed by atoms with van der Waals surface area (Å²) in [7, 11) is 1.61. The Labute approximate surface area is 123 Å². The summed E-state index contributed by atoms with van der Waals surface area (Å²) in [6.07, 6.45) is -0.0684. The number of carboxylic acids is 1. The van der Waals surface area contributed by atoms with Gasteiger partial charge in [-0.1, -0.05) is 18.2 Å². The molecule has 1 aliphatic rings. The van der Waals surface area contributed by atoms with Crippen LogP contribution in [-0.4, -0.2) is 42.8 Å². The second-order valence-electron chi connectivity index (χ2n) is 4.88. The Bertz CT molecular complexity index is 517. The largest absolute Gasteiger partial charge is 0.496 e. The van der Waals surface area contributed by atoms with E-state index >= 15 is 0 Å². The van der Waals surface area contributed by atoms with Gasteiger partial charge in [-0.2, -0.15) is 0 Å². The van der Waals surface area contributed by atoms with Gasteiger partial charge in [0.25, 0.3) is 0 Å². The van der Waals surface area contributed by atoms with Crippen LogP contribution in [0.4, 0.5) is 0 Å². The molecular weight excluding hydrogens is 274 g/mol. The fourth-order valence-corrected chi connectivity index (χ4v) is 2.36. The first-order chi connectivity index (χ1) is 10.1. The highest BCUT2D eigenvalue weighted by Gasteiger charge is 2.34. The van der Waals surface area contributed by atoms with Crippen LogP contribution in [0.1, 0.15) is 18.4 Å². The number of hydrogen-bond donors (Lipinski definition) is 2. The monoisotopic (exact) mass is 293 g/mol. The van der Waals surface area contributed by atoms with Crippen LogP contribution in [-0.2, 0) is 20.7 Å². The summed E-state index contributed by atoms with van der Waals surface area (Å²) in [5.74, 6) is -0.484. The Hall–Kier alpha value is -2.08. The van der Waals surface area contributed by atoms with Crippen molar-refractivity contribution in [3.63, 3.8) is 0 Å². The zero-order chi connectivity index (χ0) is 15.2. The molecule has 2 unspecified atom stereocenters. The van der Waals surface area contributed by atoms with Gasteiger partial charge in [-0.05, 0) is 30.9 Å². The molecule has 114 valence electrons. The standard InChI is InChI=1S/C15H19NO5/c1-20-11-5-3-2-4-10(11)8-9-16-14(17)12-6-7-13(21-12)15(18)19/h2-5,12-13H,6-9H2,1H3,(H,16,17)(H,18,19). The van der Waals surface area contributed by atoms with E-state index in [9.17, 15) is 9.59 Å². The molecule has 2 atom stereocenters. The van der Waals surface area contributed by atoms with Crippen LogP contribution >= 0.6 is 0 Å². The molecule has 1 saturated heterocycles. The highest BCUT2D eigenvalue weighted by atomic mass is 16.5. The highest BCUT2D eigenvalue weighted by molar-refractivity contribution is 5.82. The molecule has 1 aliphatic heterocycles. The molecule has 0 saturated carbocycles. The summed E-state index contributed by atoms with van der Waals surface area (Å²) in [5.41, 5.74) is 1.01. The zero-order valence-corrected chi connectivity index (χ0v) is 11.9. The van der Waals surface area contributed by atoms with Crippen LogP contribution in [0.2, 0.25) is 0 Å². The predicted octanol–water partition coefficient (Wildman–Crippen LogP) is 0.986. The van der Waals surface area contributed by atoms with Gasteiger partial charge in [0.2, 0.25) is 5.91 Å². The topological polar surface area (TPSA) is 84.9 Å². The van der Waals surface area contributed by atoms with Crippen LogP contribution in [0.3, 0.4) is 0 Å². The minimum absolute atomic E-state index is 0.256. The number of carboxylic acid groups (broad SMARTS) is 1. The van der Waals surface area contributed by atoms with E-state index in [1.165, 1.54) is 0 Å². The van der Waals surface area contributed by atoms with Crippen molar-refractivity contribution in [1.29, 1.82) is 0 Å². The van der Waals surface area contributed by atoms with Gasteiger partial charge in [0.1, 0.15) is 11.9 Å². The smallest absolute Gasteiger partial charge is 0.332 e. The Kier molecular flexibility index (Phi) is 5.16. The van der Waals surface area contributed by atoms with E-state index < -0.39 is 18.2 Å². The molecule has 1 aromatic rings. The lowest BCUT2D eigenvalue weighted by molar-refractivity contribution is -0.151. The SMILES string of the molecule is COc1ccccc1CCNC(=O)C1CCC(C(=O)O)O1. The van der Waals surface area contributed by atoms with E-state index in [2.05, 4.69) is 5.32 Å². The van der Waals surface area contributed by atoms with Crippen LogP contribution in [0.25, 0.3) is 0 Å². The number of nitrogens with one attached hydrogen (secondary N) is 1. The van der Waals surface area contributed by atoms with Crippen molar-refractivity contribution in [2.24, 2.45) is 0 Å². The molecule has 6 nitrogen and oxygen atoms in total. The number of amides is 1. The van der Waals surface area contributed by atoms with Crippen LogP contribution in [0, 0.1) is 0 Å². The van der Waals surface area contributed by atoms with Crippen molar-refractivity contribution in [3.05, 3.63) is 29.8 Å². The van der Waals surface area contributed by atoms with Crippen LogP contribution in [0.15, 0.2) is 24.3 Å². The summed E-state index contributed by atoms with van der Waals surface area (Å²) < 4.78 is 10.4. The molecule has 0 radical (unpaired) electrons. The molecular formula is C15H19NO5. The average molecular weight is 293 g/mol. The second-order valence-corrected chi connectivity index (χ2v) is 4.88. The van der Waals surface area contributed by atoms with Gasteiger partial charge in [-0.25, -0.2) is 4.79 Å². The molecule has 1 heterocycles. The van der Waals surface area contributed by atoms with Gasteiger partial charge in [0.15, 0.2) is 6.10 Å². The summed E-state index contributed by atoms with van der Waals surface area (Å²) in [5, 5.41) is 11.6. The lowest BCUT2D eigenvalue weighted by Gasteiger charge is -2.12. The Morgan fingerprint density at radius 2 is 2.05 bits per heavy atom. The third-order valence-electron chi connectivity index (χ3n) is 3.47. The van der Waals surface area contributed by atoms with Gasteiger partial charge in [0, 0.05) is 6.54 Å². The molecule has 21 heavy (non-hydrogen) atoms. The Morgan fingerprint density at radius 3 is 2.71 bits per heavy atom. The number of carbonyl (C=O) groups is 2. The first-order valence-corrected chi connectivity index (χ1v) is 6.89. The van der Waals surface area contributed by atoms with E-state index in [4.69, 9.17) is 14.6 Å². The second kappa shape index (κ2) is 7.08. The van der Waals surface area contributed by atoms with E-state index in [0.717, 1.165) is 11.3 Å². The summed E-state index contributed by atoms with van der Waals surface area (Å²) in [6.45, 7) is 0.455. The van der Waals surface area contributed by atoms with Gasteiger partial charge in [0.05, 0.1) is 7.11 Å². The number of hydrogen-bond acceptors (Lipinski definition) is 4. The fraction of sp³-hybridized carbons (Fsp3) is 0.467. The number of aliphatic carboxylic acids is 1. The van der Waals surface area contributed by atoms with Gasteiger partial charge in [-0.3, -0.25) is 4.79 Å². The molecule has 0 bridgehead atoms. The molecule has 1 aromatic carbocycles. The minimum atomic E-state index is -1.01. The first kappa shape index (κ1) is 15.3. The van der Waals surface area contributed by atoms with Crippen LogP contribution in [0.5, 0.6) is 5.75 Å². The summed E-state index contributed by atoms with van der Waals surface area (Å²) in [6, 6.07) is 7.61. The summed E-state index contributed by atoms with van der Waals surface area (Å²) in [4.78, 5) is 22.7. The maximum Gasteiger partial charge on any atom is 0.332 e. The normalized spacial score (nSPS) is 21.0. The third-order valence-corrected chi connectivity index (χ3v) is 3.47. The van der Waals surface area contributed by atoms with Crippen molar-refractivity contribution >= 4 is 11.9 Å². The van der Waals surface area contributed by atoms with Crippen molar-refractivity contribution in [3.8, 4) is 5.75 Å². The van der Waals surface area contributed by atoms with Gasteiger partial charge < -0.3 is 19.9 Å². The summed E-state index contributed by atoms with van der Waals surface area (Å²) >= 11 is 0. The van der Waals surface area contributed by atoms with E-state index in [-0.39, 0.29) is 5.91 Å². The van der Waals surface area contributed by atoms with E-state index in [0.29, 0.717) is 25.8 Å². The number of methoxy groups -OCH3 is 1. The number of ether oxygens (including phenoxy) is 2. The molecule has 6 heteroatoms. The zero-order valence-electron chi connectivity index (χ0n) is 11.9. The third kappa shape index (κ3) is 3.95. The van der Waals surface area contributed by atoms with Gasteiger partial charge >= 0.3 is 5.97 Å². The predicted molar refractivity (Wildman–Crippen MR) is 75.2 cm³/mol. The maximum atomic E-state index is 11.9. The molecule has 0 spiro atoms. The maximum absolute atomic E-state index is 11.9. The number of para-hydroxylation sites is 1. The quantitative estimate of drug-likeness (QED) is 0.817. The van der Waals surface area contributed by atoms with Crippen molar-refractivity contribution in [2.45, 2.75) is 31.5 Å². The molecule has 1 amide bonds. The van der Waals surface area contributed by atoms with Crippen LogP contribution < -0.4 is 10.1 Å². The van der Waals surface area contributed by atoms with Gasteiger partial charge in [-0.15, -0.1) is 0 Å². The first-order valence-electron chi connectivity index (χ1n) is 6.89. The Morgan fingerprint density at radius 1 is 1.33 bits per heavy atom. The van der Waals surface area contributed by atoms with Crippen molar-refractivity contribution < 1.29 is 24.2 Å². The van der Waals surface area contributed by atoms with E-state index in [1.54, 1.807) is 7.11 Å². The number of benzene rings is 1. The molecule has 2 N–H and O–H groups in total. The highest BCUT2D eigenvalue weighted by Crippen LogP contribution is 2.20. The van der Waals surface area contributed by atoms with Crippen molar-refractivity contribution in [2.75, 3.05) is 13.7 Å². The lowest BCUT2D eigenvalue weighted by Crippen LogP contribution is -2.36. The molecule has 1 fully saturated rings. The molecule has 0 aromatic heterocycles. The molecule has 0 aliphatic carbocycles. The van der Waals surface area contributed by atoms with Crippen molar-refractivity contribution in [1.82, 2.24) is 5.32 Å². The lowest BCUT2D eigenvalue weighted by atomic mass is 10.1. The number of carbonyl (C=O) groups excluding carboxylic acids is 1. The minimum Gasteiger partial charge on any atom is -0.496 e. The van der Waals surface area contributed by atoms with E-state index in [1.807, 2.05) is 24.3 Å². The average Bonchev–Trinajstić information content (AvgIpc) is 2.98.